The van der Waals surface area contributed by atoms with Crippen LogP contribution in [0.1, 0.15) is 44.1 Å². The summed E-state index contributed by atoms with van der Waals surface area (Å²) in [6, 6.07) is 6.40. The summed E-state index contributed by atoms with van der Waals surface area (Å²) in [5.74, 6) is 1.72. The van der Waals surface area contributed by atoms with E-state index in [1.807, 2.05) is 20.8 Å². The van der Waals surface area contributed by atoms with E-state index >= 15 is 0 Å². The molecule has 154 valence electrons. The van der Waals surface area contributed by atoms with Gasteiger partial charge in [0.25, 0.3) is 0 Å². The van der Waals surface area contributed by atoms with Gasteiger partial charge in [-0.15, -0.1) is 11.8 Å². The molecule has 2 rings (SSSR count). The first-order chi connectivity index (χ1) is 13.3. The van der Waals surface area contributed by atoms with Crippen LogP contribution in [0, 0.1) is 6.92 Å². The molecule has 0 saturated heterocycles. The first-order valence-corrected chi connectivity index (χ1v) is 11.6. The second-order valence-corrected chi connectivity index (χ2v) is 9.09. The van der Waals surface area contributed by atoms with Gasteiger partial charge in [0, 0.05) is 20.0 Å². The Bertz CT molecular complexity index is 877. The summed E-state index contributed by atoms with van der Waals surface area (Å²) in [5, 5.41) is 6.69. The second kappa shape index (κ2) is 10.0. The summed E-state index contributed by atoms with van der Waals surface area (Å²) in [7, 11) is -3.48. The molecule has 1 N–H and O–H groups in total. The number of sulfonamides is 1. The maximum atomic E-state index is 12.5. The lowest BCUT2D eigenvalue weighted by atomic mass is 10.1. The summed E-state index contributed by atoms with van der Waals surface area (Å²) >= 11 is 1.40. The van der Waals surface area contributed by atoms with Gasteiger partial charge in [0.15, 0.2) is 5.82 Å². The SMILES string of the molecule is CCN(CC)S(=O)(=O)c1ccc(C(C)NC(=O)CSCc2noc(C)n2)cc1. The van der Waals surface area contributed by atoms with E-state index in [9.17, 15) is 13.2 Å². The topological polar surface area (TPSA) is 105 Å². The highest BCUT2D eigenvalue weighted by molar-refractivity contribution is 7.99. The third-order valence-electron chi connectivity index (χ3n) is 4.13. The van der Waals surface area contributed by atoms with Crippen molar-refractivity contribution in [1.82, 2.24) is 19.8 Å². The number of rotatable bonds is 10. The zero-order valence-corrected chi connectivity index (χ0v) is 18.1. The highest BCUT2D eigenvalue weighted by atomic mass is 32.2. The van der Waals surface area contributed by atoms with Crippen LogP contribution >= 0.6 is 11.8 Å². The normalized spacial score (nSPS) is 12.9. The molecule has 2 aromatic rings. The highest BCUT2D eigenvalue weighted by Gasteiger charge is 2.21. The standard InChI is InChI=1S/C18H26N4O4S2/c1-5-22(6-2)28(24,25)16-9-7-15(8-10-16)13(3)19-18(23)12-27-11-17-20-14(4)26-21-17/h7-10,13H,5-6,11-12H2,1-4H3,(H,19,23). The molecule has 1 atom stereocenters. The Kier molecular flexibility index (Phi) is 8.02. The van der Waals surface area contributed by atoms with Gasteiger partial charge in [-0.25, -0.2) is 8.42 Å². The minimum Gasteiger partial charge on any atom is -0.349 e. The quantitative estimate of drug-likeness (QED) is 0.622. The third kappa shape index (κ3) is 5.79. The predicted octanol–water partition coefficient (Wildman–Crippen LogP) is 2.52. The smallest absolute Gasteiger partial charge is 0.243 e. The van der Waals surface area contributed by atoms with Crippen LogP contribution in [0.25, 0.3) is 0 Å². The molecule has 1 amide bonds. The van der Waals surface area contributed by atoms with E-state index in [1.54, 1.807) is 31.2 Å². The minimum atomic E-state index is -3.48. The average Bonchev–Trinajstić information content (AvgIpc) is 3.07. The van der Waals surface area contributed by atoms with Crippen molar-refractivity contribution in [2.75, 3.05) is 18.8 Å². The molecule has 0 aliphatic heterocycles. The van der Waals surface area contributed by atoms with Crippen molar-refractivity contribution < 1.29 is 17.7 Å². The summed E-state index contributed by atoms with van der Waals surface area (Å²) < 4.78 is 31.4. The Hall–Kier alpha value is -1.91. The number of benzene rings is 1. The van der Waals surface area contributed by atoms with Gasteiger partial charge in [0.05, 0.1) is 22.4 Å². The Labute approximate surface area is 170 Å². The Morgan fingerprint density at radius 3 is 2.43 bits per heavy atom. The number of hydrogen-bond donors (Lipinski definition) is 1. The van der Waals surface area contributed by atoms with Gasteiger partial charge in [-0.1, -0.05) is 31.1 Å². The molecule has 0 fully saturated rings. The number of amides is 1. The molecule has 0 bridgehead atoms. The van der Waals surface area contributed by atoms with Gasteiger partial charge in [0.1, 0.15) is 0 Å². The molecule has 1 heterocycles. The van der Waals surface area contributed by atoms with E-state index in [-0.39, 0.29) is 22.6 Å². The van der Waals surface area contributed by atoms with E-state index < -0.39 is 10.0 Å². The van der Waals surface area contributed by atoms with Crippen LogP contribution in [-0.2, 0) is 20.6 Å². The zero-order chi connectivity index (χ0) is 20.7. The van der Waals surface area contributed by atoms with E-state index in [1.165, 1.54) is 16.1 Å². The molecular weight excluding hydrogens is 400 g/mol. The molecule has 1 aromatic heterocycles. The van der Waals surface area contributed by atoms with Crippen LogP contribution < -0.4 is 5.32 Å². The van der Waals surface area contributed by atoms with Gasteiger partial charge < -0.3 is 9.84 Å². The van der Waals surface area contributed by atoms with Crippen molar-refractivity contribution in [3.63, 3.8) is 0 Å². The van der Waals surface area contributed by atoms with Gasteiger partial charge >= 0.3 is 0 Å². The fourth-order valence-electron chi connectivity index (χ4n) is 2.64. The number of carbonyl (C=O) groups is 1. The van der Waals surface area contributed by atoms with Crippen molar-refractivity contribution in [3.8, 4) is 0 Å². The Balaban J connectivity index is 1.89. The first kappa shape index (κ1) is 22.4. The lowest BCUT2D eigenvalue weighted by Gasteiger charge is -2.19. The molecule has 0 spiro atoms. The predicted molar refractivity (Wildman–Crippen MR) is 108 cm³/mol. The molecule has 1 aromatic carbocycles. The first-order valence-electron chi connectivity index (χ1n) is 9.04. The van der Waals surface area contributed by atoms with Crippen molar-refractivity contribution in [3.05, 3.63) is 41.5 Å². The fraction of sp³-hybridized carbons (Fsp3) is 0.500. The van der Waals surface area contributed by atoms with Crippen LogP contribution in [0.5, 0.6) is 0 Å². The number of aryl methyl sites for hydroxylation is 1. The molecule has 10 heteroatoms. The maximum Gasteiger partial charge on any atom is 0.243 e. The van der Waals surface area contributed by atoms with Crippen LogP contribution in [0.4, 0.5) is 0 Å². The minimum absolute atomic E-state index is 0.113. The molecule has 8 nitrogen and oxygen atoms in total. The summed E-state index contributed by atoms with van der Waals surface area (Å²) in [4.78, 5) is 16.5. The van der Waals surface area contributed by atoms with Gasteiger partial charge in [-0.3, -0.25) is 4.79 Å². The highest BCUT2D eigenvalue weighted by Crippen LogP contribution is 2.19. The van der Waals surface area contributed by atoms with E-state index in [0.29, 0.717) is 30.6 Å². The van der Waals surface area contributed by atoms with Crippen molar-refractivity contribution in [1.29, 1.82) is 0 Å². The third-order valence-corrected chi connectivity index (χ3v) is 7.13. The van der Waals surface area contributed by atoms with Gasteiger partial charge in [-0.2, -0.15) is 9.29 Å². The molecule has 0 saturated carbocycles. The maximum absolute atomic E-state index is 12.5. The van der Waals surface area contributed by atoms with Crippen molar-refractivity contribution in [2.24, 2.45) is 0 Å². The number of aromatic nitrogens is 2. The monoisotopic (exact) mass is 426 g/mol. The zero-order valence-electron chi connectivity index (χ0n) is 16.5. The molecule has 0 radical (unpaired) electrons. The van der Waals surface area contributed by atoms with Crippen LogP contribution in [0.3, 0.4) is 0 Å². The molecule has 0 aliphatic rings. The van der Waals surface area contributed by atoms with E-state index in [2.05, 4.69) is 15.5 Å². The molecule has 28 heavy (non-hydrogen) atoms. The second-order valence-electron chi connectivity index (χ2n) is 6.17. The molecular formula is C18H26N4O4S2. The fourth-order valence-corrected chi connectivity index (χ4v) is 4.77. The summed E-state index contributed by atoms with van der Waals surface area (Å²) in [6.07, 6.45) is 0. The van der Waals surface area contributed by atoms with Crippen LogP contribution in [-0.4, -0.2) is 47.6 Å². The Morgan fingerprint density at radius 2 is 1.89 bits per heavy atom. The van der Waals surface area contributed by atoms with Crippen LogP contribution in [0.2, 0.25) is 0 Å². The van der Waals surface area contributed by atoms with Crippen LogP contribution in [0.15, 0.2) is 33.7 Å². The van der Waals surface area contributed by atoms with Crippen molar-refractivity contribution in [2.45, 2.75) is 44.4 Å². The number of carbonyl (C=O) groups excluding carboxylic acids is 1. The van der Waals surface area contributed by atoms with Gasteiger partial charge in [0.2, 0.25) is 21.8 Å². The number of thioether (sulfide) groups is 1. The summed E-state index contributed by atoms with van der Waals surface area (Å²) in [5.41, 5.74) is 0.839. The van der Waals surface area contributed by atoms with Gasteiger partial charge in [-0.05, 0) is 24.6 Å². The number of nitrogens with one attached hydrogen (secondary N) is 1. The van der Waals surface area contributed by atoms with Crippen molar-refractivity contribution >= 4 is 27.7 Å². The number of nitrogens with zero attached hydrogens (tertiary/aromatic N) is 3. The van der Waals surface area contributed by atoms with E-state index in [4.69, 9.17) is 4.52 Å². The summed E-state index contributed by atoms with van der Waals surface area (Å²) in [6.45, 7) is 8.05. The van der Waals surface area contributed by atoms with E-state index in [0.717, 1.165) is 5.56 Å². The lowest BCUT2D eigenvalue weighted by molar-refractivity contribution is -0.119. The Morgan fingerprint density at radius 1 is 1.25 bits per heavy atom. The number of hydrogen-bond acceptors (Lipinski definition) is 7. The average molecular weight is 427 g/mol. The lowest BCUT2D eigenvalue weighted by Crippen LogP contribution is -2.30. The largest absolute Gasteiger partial charge is 0.349 e. The molecule has 1 unspecified atom stereocenters. The molecule has 0 aliphatic carbocycles.